The van der Waals surface area contributed by atoms with Crippen LogP contribution < -0.4 is 0 Å². The van der Waals surface area contributed by atoms with E-state index < -0.39 is 0 Å². The molecule has 2 rings (SSSR count). The van der Waals surface area contributed by atoms with Gasteiger partial charge in [-0.15, -0.1) is 0 Å². The smallest absolute Gasteiger partial charge is 0.116 e. The Balaban J connectivity index is 2.49. The van der Waals surface area contributed by atoms with Gasteiger partial charge in [-0.3, -0.25) is 0 Å². The Labute approximate surface area is 77.6 Å². The van der Waals surface area contributed by atoms with E-state index >= 15 is 0 Å². The summed E-state index contributed by atoms with van der Waals surface area (Å²) in [4.78, 5) is 8.19. The number of benzene rings is 1. The van der Waals surface area contributed by atoms with E-state index in [1.807, 2.05) is 6.20 Å². The molecule has 1 aromatic heterocycles. The zero-order valence-corrected chi connectivity index (χ0v) is 7.70. The fraction of sp³-hybridized carbons (Fsp3) is 0.273. The number of nitrogens with zero attached hydrogens (tertiary/aromatic N) is 2. The molecule has 0 saturated carbocycles. The van der Waals surface area contributed by atoms with Crippen LogP contribution in [0.2, 0.25) is 0 Å². The van der Waals surface area contributed by atoms with Gasteiger partial charge in [0.25, 0.3) is 0 Å². The van der Waals surface area contributed by atoms with E-state index in [9.17, 15) is 0 Å². The first-order valence-corrected chi connectivity index (χ1v) is 4.59. The van der Waals surface area contributed by atoms with Crippen molar-refractivity contribution in [1.82, 2.24) is 9.97 Å². The minimum atomic E-state index is 1.04. The van der Waals surface area contributed by atoms with Crippen LogP contribution in [0.25, 0.3) is 10.9 Å². The van der Waals surface area contributed by atoms with Crippen molar-refractivity contribution in [2.75, 3.05) is 0 Å². The van der Waals surface area contributed by atoms with E-state index in [4.69, 9.17) is 0 Å². The normalized spacial score (nSPS) is 10.5. The van der Waals surface area contributed by atoms with Crippen molar-refractivity contribution in [3.8, 4) is 0 Å². The molecule has 0 atom stereocenters. The van der Waals surface area contributed by atoms with E-state index in [0.717, 1.165) is 17.3 Å². The average Bonchev–Trinajstić information content (AvgIpc) is 2.18. The van der Waals surface area contributed by atoms with Crippen molar-refractivity contribution < 1.29 is 0 Å². The highest BCUT2D eigenvalue weighted by molar-refractivity contribution is 5.77. The van der Waals surface area contributed by atoms with Gasteiger partial charge in [0.1, 0.15) is 6.33 Å². The maximum atomic E-state index is 4.21. The molecule has 0 aliphatic rings. The minimum Gasteiger partial charge on any atom is -0.244 e. The molecule has 1 aromatic carbocycles. The molecule has 0 amide bonds. The Morgan fingerprint density at radius 2 is 2.23 bits per heavy atom. The summed E-state index contributed by atoms with van der Waals surface area (Å²) in [5, 5.41) is 1.11. The fourth-order valence-corrected chi connectivity index (χ4v) is 1.46. The van der Waals surface area contributed by atoms with Crippen molar-refractivity contribution in [1.29, 1.82) is 0 Å². The second kappa shape index (κ2) is 3.52. The lowest BCUT2D eigenvalue weighted by Crippen LogP contribution is -1.85. The molecule has 2 heteroatoms. The number of hydrogen-bond acceptors (Lipinski definition) is 2. The third-order valence-electron chi connectivity index (χ3n) is 2.11. The van der Waals surface area contributed by atoms with Crippen LogP contribution in [0.15, 0.2) is 30.7 Å². The van der Waals surface area contributed by atoms with Gasteiger partial charge in [-0.2, -0.15) is 0 Å². The first-order valence-electron chi connectivity index (χ1n) is 4.59. The molecule has 0 fully saturated rings. The van der Waals surface area contributed by atoms with Crippen molar-refractivity contribution in [3.05, 3.63) is 36.3 Å². The van der Waals surface area contributed by atoms with Gasteiger partial charge >= 0.3 is 0 Å². The van der Waals surface area contributed by atoms with E-state index in [0.29, 0.717) is 0 Å². The molecule has 0 saturated heterocycles. The topological polar surface area (TPSA) is 25.8 Å². The molecule has 66 valence electrons. The van der Waals surface area contributed by atoms with Crippen LogP contribution in [-0.4, -0.2) is 9.97 Å². The molecular formula is C11H12N2. The van der Waals surface area contributed by atoms with Gasteiger partial charge in [-0.05, 0) is 18.1 Å². The molecule has 0 N–H and O–H groups in total. The molecule has 0 radical (unpaired) electrons. The van der Waals surface area contributed by atoms with E-state index in [1.165, 1.54) is 12.0 Å². The summed E-state index contributed by atoms with van der Waals surface area (Å²) < 4.78 is 0. The monoisotopic (exact) mass is 172 g/mol. The maximum absolute atomic E-state index is 4.21. The van der Waals surface area contributed by atoms with Crippen LogP contribution in [0, 0.1) is 0 Å². The van der Waals surface area contributed by atoms with Crippen molar-refractivity contribution >= 4 is 10.9 Å². The van der Waals surface area contributed by atoms with E-state index in [-0.39, 0.29) is 0 Å². The summed E-state index contributed by atoms with van der Waals surface area (Å²) >= 11 is 0. The molecule has 0 unspecified atom stereocenters. The van der Waals surface area contributed by atoms with Crippen molar-refractivity contribution in [2.45, 2.75) is 19.8 Å². The second-order valence-corrected chi connectivity index (χ2v) is 3.17. The van der Waals surface area contributed by atoms with Gasteiger partial charge in [-0.25, -0.2) is 9.97 Å². The van der Waals surface area contributed by atoms with Gasteiger partial charge in [0, 0.05) is 11.6 Å². The lowest BCUT2D eigenvalue weighted by atomic mass is 10.1. The highest BCUT2D eigenvalue weighted by Crippen LogP contribution is 2.13. The first-order chi connectivity index (χ1) is 6.40. The van der Waals surface area contributed by atoms with Crippen LogP contribution in [0.1, 0.15) is 18.9 Å². The second-order valence-electron chi connectivity index (χ2n) is 3.17. The number of hydrogen-bond donors (Lipinski definition) is 0. The number of rotatable bonds is 2. The molecule has 0 spiro atoms. The minimum absolute atomic E-state index is 1.04. The van der Waals surface area contributed by atoms with Crippen molar-refractivity contribution in [3.63, 3.8) is 0 Å². The van der Waals surface area contributed by atoms with Crippen LogP contribution >= 0.6 is 0 Å². The Morgan fingerprint density at radius 1 is 1.31 bits per heavy atom. The summed E-state index contributed by atoms with van der Waals surface area (Å²) in [6.07, 6.45) is 5.74. The number of aromatic nitrogens is 2. The number of fused-ring (bicyclic) bond motifs is 1. The zero-order chi connectivity index (χ0) is 9.10. The van der Waals surface area contributed by atoms with Gasteiger partial charge in [0.05, 0.1) is 5.52 Å². The van der Waals surface area contributed by atoms with Crippen LogP contribution in [0.5, 0.6) is 0 Å². The summed E-state index contributed by atoms with van der Waals surface area (Å²) in [5.41, 5.74) is 2.40. The average molecular weight is 172 g/mol. The maximum Gasteiger partial charge on any atom is 0.116 e. The van der Waals surface area contributed by atoms with Gasteiger partial charge in [0.15, 0.2) is 0 Å². The fourth-order valence-electron chi connectivity index (χ4n) is 1.46. The van der Waals surface area contributed by atoms with Crippen LogP contribution in [0.4, 0.5) is 0 Å². The molecule has 0 aliphatic carbocycles. The first kappa shape index (κ1) is 8.17. The molecule has 0 bridgehead atoms. The van der Waals surface area contributed by atoms with Crippen LogP contribution in [0.3, 0.4) is 0 Å². The quantitative estimate of drug-likeness (QED) is 0.695. The Bertz CT molecular complexity index is 410. The summed E-state index contributed by atoms with van der Waals surface area (Å²) in [5.74, 6) is 0. The highest BCUT2D eigenvalue weighted by atomic mass is 14.8. The molecule has 0 aliphatic heterocycles. The zero-order valence-electron chi connectivity index (χ0n) is 7.70. The van der Waals surface area contributed by atoms with E-state index in [1.54, 1.807) is 6.33 Å². The Hall–Kier alpha value is -1.44. The molecular weight excluding hydrogens is 160 g/mol. The molecule has 1 heterocycles. The van der Waals surface area contributed by atoms with Crippen LogP contribution in [-0.2, 0) is 6.42 Å². The third-order valence-corrected chi connectivity index (χ3v) is 2.11. The summed E-state index contributed by atoms with van der Waals surface area (Å²) in [6.45, 7) is 2.18. The summed E-state index contributed by atoms with van der Waals surface area (Å²) in [7, 11) is 0. The SMILES string of the molecule is CCCc1ccc2cncnc2c1. The van der Waals surface area contributed by atoms with Gasteiger partial charge in [-0.1, -0.05) is 25.5 Å². The Kier molecular flexibility index (Phi) is 2.21. The Morgan fingerprint density at radius 3 is 3.08 bits per heavy atom. The predicted molar refractivity (Wildman–Crippen MR) is 53.5 cm³/mol. The summed E-state index contributed by atoms with van der Waals surface area (Å²) in [6, 6.07) is 6.37. The standard InChI is InChI=1S/C11H12N2/c1-2-3-9-4-5-10-7-12-8-13-11(10)6-9/h4-8H,2-3H2,1H3. The lowest BCUT2D eigenvalue weighted by Gasteiger charge is -2.00. The lowest BCUT2D eigenvalue weighted by molar-refractivity contribution is 0.923. The van der Waals surface area contributed by atoms with Gasteiger partial charge < -0.3 is 0 Å². The van der Waals surface area contributed by atoms with E-state index in [2.05, 4.69) is 35.1 Å². The largest absolute Gasteiger partial charge is 0.244 e. The molecule has 2 aromatic rings. The van der Waals surface area contributed by atoms with Crippen molar-refractivity contribution in [2.24, 2.45) is 0 Å². The van der Waals surface area contributed by atoms with Gasteiger partial charge in [0.2, 0.25) is 0 Å². The third kappa shape index (κ3) is 1.66. The predicted octanol–water partition coefficient (Wildman–Crippen LogP) is 2.58. The molecule has 2 nitrogen and oxygen atoms in total. The highest BCUT2D eigenvalue weighted by Gasteiger charge is 1.95. The molecule has 13 heavy (non-hydrogen) atoms. The number of aryl methyl sites for hydroxylation is 1.